The van der Waals surface area contributed by atoms with Gasteiger partial charge in [0.05, 0.1) is 0 Å². The van der Waals surface area contributed by atoms with Crippen molar-refractivity contribution in [3.63, 3.8) is 0 Å². The molecule has 0 radical (unpaired) electrons. The fraction of sp³-hybridized carbons (Fsp3) is 0.556. The zero-order valence-electron chi connectivity index (χ0n) is 7.95. The molecule has 0 spiro atoms. The van der Waals surface area contributed by atoms with E-state index in [9.17, 15) is 0 Å². The van der Waals surface area contributed by atoms with Gasteiger partial charge < -0.3 is 34.0 Å². The zero-order chi connectivity index (χ0) is 7.28. The number of hydrogen-bond acceptors (Lipinski definition) is 0. The Kier molecular flexibility index (Phi) is 28.5. The third kappa shape index (κ3) is 13.8. The molecule has 1 atom stereocenters. The van der Waals surface area contributed by atoms with Gasteiger partial charge in [-0.05, 0) is 25.7 Å². The smallest absolute Gasteiger partial charge is 1.00 e. The molecule has 0 N–H and O–H groups in total. The van der Waals surface area contributed by atoms with Gasteiger partial charge in [0, 0.05) is 0 Å². The summed E-state index contributed by atoms with van der Waals surface area (Å²) in [6.07, 6.45) is 4.26. The summed E-state index contributed by atoms with van der Waals surface area (Å²) in [4.78, 5) is 0. The molecular weight excluding hydrogens is 292 g/mol. The predicted octanol–water partition coefficient (Wildman–Crippen LogP) is -3.21. The van der Waals surface area contributed by atoms with Crippen molar-refractivity contribution in [3.8, 4) is 0 Å². The summed E-state index contributed by atoms with van der Waals surface area (Å²) in [5, 5.41) is 0. The molecule has 0 saturated carbocycles. The molecule has 0 bridgehead atoms. The summed E-state index contributed by atoms with van der Waals surface area (Å²) in [6.45, 7) is 11.8. The van der Waals surface area contributed by atoms with Gasteiger partial charge in [-0.15, -0.1) is 6.58 Å². The molecule has 0 rings (SSSR count). The van der Waals surface area contributed by atoms with Crippen LogP contribution in [0.25, 0.3) is 0 Å². The molecule has 3 heteroatoms. The molecule has 0 amide bonds. The van der Waals surface area contributed by atoms with E-state index >= 15 is 0 Å². The van der Waals surface area contributed by atoms with Crippen molar-refractivity contribution >= 4 is 23.1 Å². The second kappa shape index (κ2) is 14.7. The molecule has 0 heterocycles. The summed E-state index contributed by atoms with van der Waals surface area (Å²) < 4.78 is 0. The van der Waals surface area contributed by atoms with E-state index in [1.165, 1.54) is 12.0 Å². The predicted molar refractivity (Wildman–Crippen MR) is 49.2 cm³/mol. The quantitative estimate of drug-likeness (QED) is 0.379. The van der Waals surface area contributed by atoms with Crippen molar-refractivity contribution in [3.05, 3.63) is 24.8 Å². The number of rotatable bonds is 4. The molecule has 1 unspecified atom stereocenters. The second-order valence-electron chi connectivity index (χ2n) is 2.61. The topological polar surface area (TPSA) is 0 Å². The first-order valence-electron chi connectivity index (χ1n) is 3.44. The minimum absolute atomic E-state index is 0. The van der Waals surface area contributed by atoms with Crippen LogP contribution in [0.4, 0.5) is 0 Å². The van der Waals surface area contributed by atoms with Crippen LogP contribution in [-0.2, 0) is 0 Å². The Balaban J connectivity index is -0.000000107. The van der Waals surface area contributed by atoms with Crippen LogP contribution in [0.2, 0.25) is 0 Å². The largest absolute Gasteiger partial charge is 2.00 e. The van der Waals surface area contributed by atoms with Gasteiger partial charge in [0.2, 0.25) is 0 Å². The van der Waals surface area contributed by atoms with Crippen LogP contribution < -0.4 is 34.0 Å². The third-order valence-corrected chi connectivity index (χ3v) is 1.65. The average Bonchev–Trinajstić information content (AvgIpc) is 1.82. The van der Waals surface area contributed by atoms with Crippen LogP contribution >= 0.6 is 0 Å². The Morgan fingerprint density at radius 1 is 1.42 bits per heavy atom. The van der Waals surface area contributed by atoms with E-state index in [1.807, 2.05) is 6.08 Å². The maximum absolute atomic E-state index is 3.87. The maximum Gasteiger partial charge on any atom is 2.00 e. The molecule has 0 nitrogen and oxygen atoms in total. The van der Waals surface area contributed by atoms with Crippen molar-refractivity contribution < 1.29 is 34.0 Å². The molecular formula is C9H16Br2Mg. The molecule has 0 aliphatic rings. The summed E-state index contributed by atoms with van der Waals surface area (Å²) in [5.41, 5.74) is 1.27. The first kappa shape index (κ1) is 23.2. The van der Waals surface area contributed by atoms with Crippen LogP contribution in [0.15, 0.2) is 24.8 Å². The third-order valence-electron chi connectivity index (χ3n) is 1.65. The number of allylic oxidation sites excluding steroid dienone is 2. The van der Waals surface area contributed by atoms with Gasteiger partial charge >= 0.3 is 23.1 Å². The van der Waals surface area contributed by atoms with Gasteiger partial charge in [0.1, 0.15) is 0 Å². The monoisotopic (exact) mass is 306 g/mol. The molecule has 0 fully saturated rings. The standard InChI is InChI=1S/C9H16.2BrH.Mg/c1-5-6-7-9(4)8(2)3;;;/h5,9H,1-2,6-7H2,3-4H3;2*1H;/q;;;+2/p-2. The second-order valence-corrected chi connectivity index (χ2v) is 2.61. The fourth-order valence-corrected chi connectivity index (χ4v) is 0.614. The van der Waals surface area contributed by atoms with Crippen LogP contribution in [0, 0.1) is 5.92 Å². The van der Waals surface area contributed by atoms with Gasteiger partial charge in [-0.1, -0.05) is 25.2 Å². The fourth-order valence-electron chi connectivity index (χ4n) is 0.614. The van der Waals surface area contributed by atoms with Gasteiger partial charge in [0.25, 0.3) is 0 Å². The Morgan fingerprint density at radius 2 is 1.83 bits per heavy atom. The van der Waals surface area contributed by atoms with Gasteiger partial charge in [-0.3, -0.25) is 0 Å². The van der Waals surface area contributed by atoms with Crippen LogP contribution in [0.5, 0.6) is 0 Å². The molecule has 0 aromatic carbocycles. The first-order chi connectivity index (χ1) is 4.18. The SMILES string of the molecule is C=CCCC(C)C(=C)C.[Br-].[Br-].[Mg+2]. The van der Waals surface area contributed by atoms with E-state index in [2.05, 4.69) is 27.0 Å². The molecule has 68 valence electrons. The van der Waals surface area contributed by atoms with E-state index < -0.39 is 0 Å². The Hall–Kier alpha value is 1.21. The van der Waals surface area contributed by atoms with Gasteiger partial charge in [-0.25, -0.2) is 0 Å². The molecule has 0 aromatic rings. The number of hydrogen-bond donors (Lipinski definition) is 0. The van der Waals surface area contributed by atoms with Crippen molar-refractivity contribution in [2.45, 2.75) is 26.7 Å². The van der Waals surface area contributed by atoms with Crippen LogP contribution in [0.1, 0.15) is 26.7 Å². The average molecular weight is 308 g/mol. The Morgan fingerprint density at radius 3 is 2.08 bits per heavy atom. The summed E-state index contributed by atoms with van der Waals surface area (Å²) in [6, 6.07) is 0. The van der Waals surface area contributed by atoms with E-state index in [-0.39, 0.29) is 57.0 Å². The van der Waals surface area contributed by atoms with E-state index in [0.717, 1.165) is 6.42 Å². The van der Waals surface area contributed by atoms with Crippen LogP contribution in [0.3, 0.4) is 0 Å². The van der Waals surface area contributed by atoms with Crippen molar-refractivity contribution in [2.75, 3.05) is 0 Å². The zero-order valence-corrected chi connectivity index (χ0v) is 12.5. The Labute approximate surface area is 114 Å². The van der Waals surface area contributed by atoms with Gasteiger partial charge in [-0.2, -0.15) is 0 Å². The van der Waals surface area contributed by atoms with Gasteiger partial charge in [0.15, 0.2) is 0 Å². The summed E-state index contributed by atoms with van der Waals surface area (Å²) in [7, 11) is 0. The summed E-state index contributed by atoms with van der Waals surface area (Å²) >= 11 is 0. The molecule has 12 heavy (non-hydrogen) atoms. The van der Waals surface area contributed by atoms with Crippen molar-refractivity contribution in [1.29, 1.82) is 0 Å². The number of halogens is 2. The first-order valence-corrected chi connectivity index (χ1v) is 3.44. The van der Waals surface area contributed by atoms with Crippen LogP contribution in [-0.4, -0.2) is 23.1 Å². The van der Waals surface area contributed by atoms with E-state index in [0.29, 0.717) is 5.92 Å². The molecule has 0 aromatic heterocycles. The summed E-state index contributed by atoms with van der Waals surface area (Å²) in [5.74, 6) is 0.656. The molecule has 0 saturated heterocycles. The molecule has 0 aliphatic heterocycles. The van der Waals surface area contributed by atoms with E-state index in [1.54, 1.807) is 0 Å². The van der Waals surface area contributed by atoms with E-state index in [4.69, 9.17) is 0 Å². The normalized spacial score (nSPS) is 9.50. The Bertz CT molecular complexity index is 113. The molecule has 0 aliphatic carbocycles. The van der Waals surface area contributed by atoms with Crippen molar-refractivity contribution in [1.82, 2.24) is 0 Å². The van der Waals surface area contributed by atoms with Crippen molar-refractivity contribution in [2.24, 2.45) is 5.92 Å². The maximum atomic E-state index is 3.87. The minimum atomic E-state index is 0. The minimum Gasteiger partial charge on any atom is -1.00 e.